The first kappa shape index (κ1) is 15.2. The van der Waals surface area contributed by atoms with Gasteiger partial charge in [-0.05, 0) is 47.9 Å². The molecule has 0 aliphatic heterocycles. The smallest absolute Gasteiger partial charge is 0.119 e. The van der Waals surface area contributed by atoms with Crippen LogP contribution in [0.1, 0.15) is 25.3 Å². The summed E-state index contributed by atoms with van der Waals surface area (Å²) in [6.45, 7) is 5.87. The van der Waals surface area contributed by atoms with E-state index in [-0.39, 0.29) is 0 Å². The van der Waals surface area contributed by atoms with E-state index < -0.39 is 0 Å². The topological polar surface area (TPSA) is 38.5 Å². The SMILES string of the molecule is CC(C)c1ccc(OCCN(C)c2ccc(N)cc2)cc1. The minimum atomic E-state index is 0.552. The average molecular weight is 284 g/mol. The molecule has 0 heterocycles. The van der Waals surface area contributed by atoms with Crippen molar-refractivity contribution in [3.63, 3.8) is 0 Å². The lowest BCUT2D eigenvalue weighted by molar-refractivity contribution is 0.326. The standard InChI is InChI=1S/C18H24N2O/c1-14(2)15-4-10-18(11-5-15)21-13-12-20(3)17-8-6-16(19)7-9-17/h4-11,14H,12-13,19H2,1-3H3. The first-order chi connectivity index (χ1) is 10.1. The maximum Gasteiger partial charge on any atom is 0.119 e. The molecule has 3 heteroatoms. The molecule has 0 fully saturated rings. The van der Waals surface area contributed by atoms with Gasteiger partial charge in [0.05, 0.1) is 6.54 Å². The van der Waals surface area contributed by atoms with Crippen LogP contribution in [0.2, 0.25) is 0 Å². The van der Waals surface area contributed by atoms with Gasteiger partial charge in [0, 0.05) is 18.4 Å². The summed E-state index contributed by atoms with van der Waals surface area (Å²) in [6.07, 6.45) is 0. The number of nitrogens with zero attached hydrogens (tertiary/aromatic N) is 1. The van der Waals surface area contributed by atoms with E-state index >= 15 is 0 Å². The van der Waals surface area contributed by atoms with E-state index in [1.807, 2.05) is 36.4 Å². The first-order valence-corrected chi connectivity index (χ1v) is 7.35. The number of hydrogen-bond acceptors (Lipinski definition) is 3. The molecular weight excluding hydrogens is 260 g/mol. The van der Waals surface area contributed by atoms with Gasteiger partial charge >= 0.3 is 0 Å². The molecule has 0 aliphatic rings. The van der Waals surface area contributed by atoms with E-state index in [0.29, 0.717) is 12.5 Å². The Balaban J connectivity index is 1.82. The third-order valence-corrected chi connectivity index (χ3v) is 3.58. The van der Waals surface area contributed by atoms with Gasteiger partial charge in [0.25, 0.3) is 0 Å². The first-order valence-electron chi connectivity index (χ1n) is 7.35. The average Bonchev–Trinajstić information content (AvgIpc) is 2.48. The second-order valence-electron chi connectivity index (χ2n) is 5.59. The molecule has 21 heavy (non-hydrogen) atoms. The Morgan fingerprint density at radius 3 is 2.19 bits per heavy atom. The molecule has 0 aliphatic carbocycles. The van der Waals surface area contributed by atoms with Crippen molar-refractivity contribution >= 4 is 11.4 Å². The van der Waals surface area contributed by atoms with Crippen molar-refractivity contribution in [2.45, 2.75) is 19.8 Å². The molecule has 112 valence electrons. The zero-order valence-electron chi connectivity index (χ0n) is 13.0. The van der Waals surface area contributed by atoms with Gasteiger partial charge in [-0.25, -0.2) is 0 Å². The van der Waals surface area contributed by atoms with Gasteiger partial charge in [-0.2, -0.15) is 0 Å². The monoisotopic (exact) mass is 284 g/mol. The molecule has 0 spiro atoms. The minimum Gasteiger partial charge on any atom is -0.492 e. The number of hydrogen-bond donors (Lipinski definition) is 1. The molecule has 3 nitrogen and oxygen atoms in total. The zero-order valence-corrected chi connectivity index (χ0v) is 13.0. The molecule has 2 aromatic carbocycles. The molecule has 2 rings (SSSR count). The molecule has 0 saturated heterocycles. The van der Waals surface area contributed by atoms with Crippen molar-refractivity contribution in [3.05, 3.63) is 54.1 Å². The summed E-state index contributed by atoms with van der Waals surface area (Å²) in [6, 6.07) is 16.2. The Kier molecular flexibility index (Phi) is 5.09. The van der Waals surface area contributed by atoms with Crippen molar-refractivity contribution in [2.24, 2.45) is 0 Å². The molecule has 0 saturated carbocycles. The highest BCUT2D eigenvalue weighted by Crippen LogP contribution is 2.19. The Morgan fingerprint density at radius 1 is 1.00 bits per heavy atom. The summed E-state index contributed by atoms with van der Waals surface area (Å²) < 4.78 is 5.79. The van der Waals surface area contributed by atoms with Crippen molar-refractivity contribution in [1.29, 1.82) is 0 Å². The number of nitrogen functional groups attached to an aromatic ring is 1. The van der Waals surface area contributed by atoms with Crippen LogP contribution in [0.4, 0.5) is 11.4 Å². The summed E-state index contributed by atoms with van der Waals surface area (Å²) in [5.74, 6) is 1.47. The summed E-state index contributed by atoms with van der Waals surface area (Å²) in [5.41, 5.74) is 8.96. The Hall–Kier alpha value is -2.16. The van der Waals surface area contributed by atoms with E-state index in [9.17, 15) is 0 Å². The quantitative estimate of drug-likeness (QED) is 0.817. The van der Waals surface area contributed by atoms with Crippen molar-refractivity contribution < 1.29 is 4.74 Å². The highest BCUT2D eigenvalue weighted by Gasteiger charge is 2.02. The van der Waals surface area contributed by atoms with Crippen LogP contribution in [0, 0.1) is 0 Å². The lowest BCUT2D eigenvalue weighted by atomic mass is 10.0. The summed E-state index contributed by atoms with van der Waals surface area (Å²) >= 11 is 0. The van der Waals surface area contributed by atoms with Gasteiger partial charge in [0.15, 0.2) is 0 Å². The van der Waals surface area contributed by atoms with Crippen LogP contribution >= 0.6 is 0 Å². The number of ether oxygens (including phenoxy) is 1. The Labute approximate surface area is 127 Å². The highest BCUT2D eigenvalue weighted by atomic mass is 16.5. The van der Waals surface area contributed by atoms with E-state index in [1.54, 1.807) is 0 Å². The van der Waals surface area contributed by atoms with Crippen LogP contribution in [0.5, 0.6) is 5.75 Å². The third kappa shape index (κ3) is 4.42. The van der Waals surface area contributed by atoms with Crippen LogP contribution in [0.25, 0.3) is 0 Å². The molecule has 0 amide bonds. The number of benzene rings is 2. The lowest BCUT2D eigenvalue weighted by Crippen LogP contribution is -2.23. The predicted octanol–water partition coefficient (Wildman–Crippen LogP) is 3.91. The third-order valence-electron chi connectivity index (χ3n) is 3.58. The summed E-state index contributed by atoms with van der Waals surface area (Å²) in [5, 5.41) is 0. The molecule has 0 atom stereocenters. The molecule has 0 bridgehead atoms. The van der Waals surface area contributed by atoms with Crippen molar-refractivity contribution in [3.8, 4) is 5.75 Å². The van der Waals surface area contributed by atoms with Gasteiger partial charge in [0.1, 0.15) is 12.4 Å². The molecule has 0 unspecified atom stereocenters. The van der Waals surface area contributed by atoms with Gasteiger partial charge in [-0.15, -0.1) is 0 Å². The number of anilines is 2. The maximum atomic E-state index is 5.79. The predicted molar refractivity (Wildman–Crippen MR) is 90.2 cm³/mol. The normalized spacial score (nSPS) is 10.7. The fourth-order valence-electron chi connectivity index (χ4n) is 2.11. The second-order valence-corrected chi connectivity index (χ2v) is 5.59. The van der Waals surface area contributed by atoms with Gasteiger partial charge in [0.2, 0.25) is 0 Å². The van der Waals surface area contributed by atoms with Crippen LogP contribution < -0.4 is 15.4 Å². The number of likely N-dealkylation sites (N-methyl/N-ethyl adjacent to an activating group) is 1. The Bertz CT molecular complexity index is 546. The van der Waals surface area contributed by atoms with Gasteiger partial charge in [-0.1, -0.05) is 26.0 Å². The van der Waals surface area contributed by atoms with E-state index in [1.165, 1.54) is 5.56 Å². The minimum absolute atomic E-state index is 0.552. The van der Waals surface area contributed by atoms with Crippen LogP contribution in [0.15, 0.2) is 48.5 Å². The zero-order chi connectivity index (χ0) is 15.2. The van der Waals surface area contributed by atoms with Gasteiger partial charge < -0.3 is 15.4 Å². The Morgan fingerprint density at radius 2 is 1.62 bits per heavy atom. The second kappa shape index (κ2) is 7.02. The molecular formula is C18H24N2O. The van der Waals surface area contributed by atoms with E-state index in [4.69, 9.17) is 10.5 Å². The molecule has 0 aromatic heterocycles. The van der Waals surface area contributed by atoms with E-state index in [0.717, 1.165) is 23.7 Å². The fourth-order valence-corrected chi connectivity index (χ4v) is 2.11. The number of nitrogens with two attached hydrogens (primary N) is 1. The molecule has 0 radical (unpaired) electrons. The van der Waals surface area contributed by atoms with Crippen LogP contribution in [-0.4, -0.2) is 20.2 Å². The van der Waals surface area contributed by atoms with Crippen molar-refractivity contribution in [2.75, 3.05) is 30.8 Å². The molecule has 2 N–H and O–H groups in total. The summed E-state index contributed by atoms with van der Waals surface area (Å²) in [7, 11) is 2.05. The van der Waals surface area contributed by atoms with Crippen molar-refractivity contribution in [1.82, 2.24) is 0 Å². The van der Waals surface area contributed by atoms with Crippen LogP contribution in [-0.2, 0) is 0 Å². The molecule has 2 aromatic rings. The summed E-state index contributed by atoms with van der Waals surface area (Å²) in [4.78, 5) is 2.15. The lowest BCUT2D eigenvalue weighted by Gasteiger charge is -2.19. The fraction of sp³-hybridized carbons (Fsp3) is 0.333. The highest BCUT2D eigenvalue weighted by molar-refractivity contribution is 5.52. The maximum absolute atomic E-state index is 5.79. The largest absolute Gasteiger partial charge is 0.492 e. The van der Waals surface area contributed by atoms with Crippen LogP contribution in [0.3, 0.4) is 0 Å². The van der Waals surface area contributed by atoms with E-state index in [2.05, 4.69) is 37.9 Å². The number of rotatable bonds is 6. The van der Waals surface area contributed by atoms with Gasteiger partial charge in [-0.3, -0.25) is 0 Å².